The Morgan fingerprint density at radius 1 is 1.08 bits per heavy atom. The predicted octanol–water partition coefficient (Wildman–Crippen LogP) is 5.15. The number of halogens is 1. The van der Waals surface area contributed by atoms with Crippen molar-refractivity contribution in [3.8, 4) is 5.75 Å². The summed E-state index contributed by atoms with van der Waals surface area (Å²) >= 11 is 6.06. The highest BCUT2D eigenvalue weighted by atomic mass is 35.5. The summed E-state index contributed by atoms with van der Waals surface area (Å²) < 4.78 is 5.09. The Labute approximate surface area is 145 Å². The summed E-state index contributed by atoms with van der Waals surface area (Å²) in [5.74, 6) is 0.352. The number of ether oxygens (including phenoxy) is 1. The van der Waals surface area contributed by atoms with E-state index in [1.165, 1.54) is 6.08 Å². The third-order valence-electron chi connectivity index (χ3n) is 3.66. The first-order chi connectivity index (χ1) is 11.7. The van der Waals surface area contributed by atoms with Crippen LogP contribution >= 0.6 is 11.6 Å². The van der Waals surface area contributed by atoms with E-state index < -0.39 is 0 Å². The number of methoxy groups -OCH3 is 1. The van der Waals surface area contributed by atoms with Crippen LogP contribution in [0, 0.1) is 0 Å². The number of nitrogens with one attached hydrogen (secondary N) is 1. The Balaban J connectivity index is 1.76. The Hall–Kier alpha value is -2.78. The molecule has 3 aromatic carbocycles. The van der Waals surface area contributed by atoms with Crippen LogP contribution < -0.4 is 10.1 Å². The van der Waals surface area contributed by atoms with Crippen molar-refractivity contribution in [1.82, 2.24) is 0 Å². The monoisotopic (exact) mass is 337 g/mol. The van der Waals surface area contributed by atoms with Gasteiger partial charge in [-0.05, 0) is 40.6 Å². The number of fused-ring (bicyclic) bond motifs is 1. The number of benzene rings is 3. The van der Waals surface area contributed by atoms with E-state index in [2.05, 4.69) is 5.32 Å². The largest absolute Gasteiger partial charge is 0.495 e. The first-order valence-electron chi connectivity index (χ1n) is 7.48. The maximum Gasteiger partial charge on any atom is 0.248 e. The maximum absolute atomic E-state index is 12.1. The van der Waals surface area contributed by atoms with E-state index in [9.17, 15) is 4.79 Å². The van der Waals surface area contributed by atoms with Crippen LogP contribution in [0.25, 0.3) is 16.8 Å². The zero-order valence-corrected chi connectivity index (χ0v) is 13.9. The lowest BCUT2D eigenvalue weighted by atomic mass is 10.0. The molecule has 0 aliphatic carbocycles. The van der Waals surface area contributed by atoms with Crippen molar-refractivity contribution in [3.63, 3.8) is 0 Å². The SMILES string of the molecule is COc1ccc(NC(=O)C=Cc2cccc3ccccc23)cc1Cl. The Bertz CT molecular complexity index is 913. The third kappa shape index (κ3) is 3.58. The molecule has 1 N–H and O–H groups in total. The summed E-state index contributed by atoms with van der Waals surface area (Å²) in [7, 11) is 1.55. The maximum atomic E-state index is 12.1. The van der Waals surface area contributed by atoms with Gasteiger partial charge in [0.25, 0.3) is 0 Å². The minimum absolute atomic E-state index is 0.218. The Morgan fingerprint density at radius 3 is 2.67 bits per heavy atom. The average molecular weight is 338 g/mol. The van der Waals surface area contributed by atoms with Gasteiger partial charge >= 0.3 is 0 Å². The molecular formula is C20H16ClNO2. The van der Waals surface area contributed by atoms with Crippen LogP contribution in [0.1, 0.15) is 5.56 Å². The number of hydrogen-bond acceptors (Lipinski definition) is 2. The Morgan fingerprint density at radius 2 is 1.88 bits per heavy atom. The second kappa shape index (κ2) is 7.20. The van der Waals surface area contributed by atoms with Gasteiger partial charge in [0.2, 0.25) is 5.91 Å². The molecule has 0 atom stereocenters. The van der Waals surface area contributed by atoms with Crippen LogP contribution in [-0.4, -0.2) is 13.0 Å². The molecule has 1 amide bonds. The number of hydrogen-bond donors (Lipinski definition) is 1. The lowest BCUT2D eigenvalue weighted by Gasteiger charge is -2.06. The first kappa shape index (κ1) is 16.1. The van der Waals surface area contributed by atoms with Gasteiger partial charge in [-0.2, -0.15) is 0 Å². The minimum Gasteiger partial charge on any atom is -0.495 e. The summed E-state index contributed by atoms with van der Waals surface area (Å²) in [6, 6.07) is 19.2. The second-order valence-corrected chi connectivity index (χ2v) is 5.65. The number of carbonyl (C=O) groups is 1. The van der Waals surface area contributed by atoms with Gasteiger partial charge in [0, 0.05) is 11.8 Å². The molecule has 120 valence electrons. The lowest BCUT2D eigenvalue weighted by molar-refractivity contribution is -0.111. The van der Waals surface area contributed by atoms with Crippen molar-refractivity contribution in [3.05, 3.63) is 77.3 Å². The zero-order chi connectivity index (χ0) is 16.9. The van der Waals surface area contributed by atoms with E-state index in [0.717, 1.165) is 16.3 Å². The number of carbonyl (C=O) groups excluding carboxylic acids is 1. The van der Waals surface area contributed by atoms with Crippen molar-refractivity contribution in [2.75, 3.05) is 12.4 Å². The first-order valence-corrected chi connectivity index (χ1v) is 7.85. The third-order valence-corrected chi connectivity index (χ3v) is 3.95. The zero-order valence-electron chi connectivity index (χ0n) is 13.1. The van der Waals surface area contributed by atoms with Gasteiger partial charge in [-0.15, -0.1) is 0 Å². The lowest BCUT2D eigenvalue weighted by Crippen LogP contribution is -2.07. The van der Waals surface area contributed by atoms with Gasteiger partial charge in [-0.3, -0.25) is 4.79 Å². The van der Waals surface area contributed by atoms with Gasteiger partial charge < -0.3 is 10.1 Å². The average Bonchev–Trinajstić information content (AvgIpc) is 2.60. The molecule has 0 fully saturated rings. The molecule has 0 saturated carbocycles. The Kier molecular flexibility index (Phi) is 4.82. The molecule has 3 aromatic rings. The van der Waals surface area contributed by atoms with Crippen molar-refractivity contribution in [2.24, 2.45) is 0 Å². The van der Waals surface area contributed by atoms with E-state index >= 15 is 0 Å². The van der Waals surface area contributed by atoms with Crippen LogP contribution in [0.5, 0.6) is 5.75 Å². The molecule has 0 heterocycles. The number of anilines is 1. The summed E-state index contributed by atoms with van der Waals surface area (Å²) in [6.07, 6.45) is 3.32. The summed E-state index contributed by atoms with van der Waals surface area (Å²) in [5, 5.41) is 5.49. The van der Waals surface area contributed by atoms with Gasteiger partial charge in [-0.25, -0.2) is 0 Å². The highest BCUT2D eigenvalue weighted by molar-refractivity contribution is 6.32. The van der Waals surface area contributed by atoms with Crippen LogP contribution in [0.3, 0.4) is 0 Å². The topological polar surface area (TPSA) is 38.3 Å². The molecule has 0 spiro atoms. The van der Waals surface area contributed by atoms with Crippen molar-refractivity contribution >= 4 is 40.0 Å². The van der Waals surface area contributed by atoms with Gasteiger partial charge in [0.05, 0.1) is 12.1 Å². The molecule has 4 heteroatoms. The molecular weight excluding hydrogens is 322 g/mol. The molecule has 0 saturated heterocycles. The van der Waals surface area contributed by atoms with E-state index in [4.69, 9.17) is 16.3 Å². The normalized spacial score (nSPS) is 10.9. The van der Waals surface area contributed by atoms with E-state index in [1.54, 1.807) is 25.3 Å². The predicted molar refractivity (Wildman–Crippen MR) is 99.6 cm³/mol. The van der Waals surface area contributed by atoms with Crippen molar-refractivity contribution in [2.45, 2.75) is 0 Å². The summed E-state index contributed by atoms with van der Waals surface area (Å²) in [6.45, 7) is 0. The number of amides is 1. The quantitative estimate of drug-likeness (QED) is 0.668. The second-order valence-electron chi connectivity index (χ2n) is 5.24. The fourth-order valence-electron chi connectivity index (χ4n) is 2.49. The number of rotatable bonds is 4. The molecule has 0 bridgehead atoms. The van der Waals surface area contributed by atoms with Crippen LogP contribution in [-0.2, 0) is 4.79 Å². The smallest absolute Gasteiger partial charge is 0.248 e. The van der Waals surface area contributed by atoms with Crippen LogP contribution in [0.4, 0.5) is 5.69 Å². The fraction of sp³-hybridized carbons (Fsp3) is 0.0500. The van der Waals surface area contributed by atoms with Crippen LogP contribution in [0.2, 0.25) is 5.02 Å². The molecule has 0 radical (unpaired) electrons. The van der Waals surface area contributed by atoms with Crippen molar-refractivity contribution < 1.29 is 9.53 Å². The highest BCUT2D eigenvalue weighted by Crippen LogP contribution is 2.27. The molecule has 3 rings (SSSR count). The van der Waals surface area contributed by atoms with Gasteiger partial charge in [0.15, 0.2) is 0 Å². The van der Waals surface area contributed by atoms with E-state index in [0.29, 0.717) is 16.5 Å². The summed E-state index contributed by atoms with van der Waals surface area (Å²) in [4.78, 5) is 12.1. The summed E-state index contributed by atoms with van der Waals surface area (Å²) in [5.41, 5.74) is 1.62. The van der Waals surface area contributed by atoms with E-state index in [1.807, 2.05) is 48.5 Å². The molecule has 24 heavy (non-hydrogen) atoms. The molecule has 3 nitrogen and oxygen atoms in total. The highest BCUT2D eigenvalue weighted by Gasteiger charge is 2.04. The molecule has 0 unspecified atom stereocenters. The minimum atomic E-state index is -0.218. The van der Waals surface area contributed by atoms with Crippen molar-refractivity contribution in [1.29, 1.82) is 0 Å². The fourth-order valence-corrected chi connectivity index (χ4v) is 2.75. The molecule has 0 aliphatic rings. The molecule has 0 aliphatic heterocycles. The molecule has 0 aromatic heterocycles. The van der Waals surface area contributed by atoms with Gasteiger partial charge in [0.1, 0.15) is 5.75 Å². The van der Waals surface area contributed by atoms with Gasteiger partial charge in [-0.1, -0.05) is 54.1 Å². The van der Waals surface area contributed by atoms with E-state index in [-0.39, 0.29) is 5.91 Å². The standard InChI is InChI=1S/C20H16ClNO2/c1-24-19-11-10-16(13-18(19)21)22-20(23)12-9-15-7-4-6-14-5-2-3-8-17(14)15/h2-13H,1H3,(H,22,23). The van der Waals surface area contributed by atoms with Crippen LogP contribution in [0.15, 0.2) is 66.7 Å².